The van der Waals surface area contributed by atoms with Crippen LogP contribution in [0.4, 0.5) is 0 Å². The lowest BCUT2D eigenvalue weighted by atomic mass is 10.0. The van der Waals surface area contributed by atoms with Crippen molar-refractivity contribution in [3.05, 3.63) is 35.4 Å². The van der Waals surface area contributed by atoms with Crippen molar-refractivity contribution < 1.29 is 9.53 Å². The Balaban J connectivity index is 2.02. The van der Waals surface area contributed by atoms with E-state index in [1.54, 1.807) is 0 Å². The highest BCUT2D eigenvalue weighted by Gasteiger charge is 2.21. The lowest BCUT2D eigenvalue weighted by molar-refractivity contribution is -0.140. The van der Waals surface area contributed by atoms with Crippen LogP contribution in [0.15, 0.2) is 24.3 Å². The standard InChI is InChI=1S/C14H18BrNO2/c1-18-14(17)13(15)10-16-8-4-7-11-5-2-3-6-12(11)9-16/h2-3,5-6,13H,4,7-10H2,1H3. The Morgan fingerprint density at radius 2 is 2.17 bits per heavy atom. The first-order valence-corrected chi connectivity index (χ1v) is 7.13. The van der Waals surface area contributed by atoms with Crippen molar-refractivity contribution >= 4 is 21.9 Å². The van der Waals surface area contributed by atoms with Crippen LogP contribution in [0.25, 0.3) is 0 Å². The smallest absolute Gasteiger partial charge is 0.320 e. The normalized spacial score (nSPS) is 17.7. The van der Waals surface area contributed by atoms with Gasteiger partial charge >= 0.3 is 5.97 Å². The molecule has 0 saturated carbocycles. The lowest BCUT2D eigenvalue weighted by Crippen LogP contribution is -2.34. The number of esters is 1. The van der Waals surface area contributed by atoms with Crippen LogP contribution in [0.5, 0.6) is 0 Å². The third-order valence-electron chi connectivity index (χ3n) is 3.31. The monoisotopic (exact) mass is 311 g/mol. The number of hydrogen-bond donors (Lipinski definition) is 0. The van der Waals surface area contributed by atoms with Gasteiger partial charge in [-0.05, 0) is 30.5 Å². The summed E-state index contributed by atoms with van der Waals surface area (Å²) in [4.78, 5) is 13.5. The van der Waals surface area contributed by atoms with Crippen molar-refractivity contribution in [3.8, 4) is 0 Å². The van der Waals surface area contributed by atoms with E-state index in [0.29, 0.717) is 6.54 Å². The van der Waals surface area contributed by atoms with Crippen LogP contribution < -0.4 is 0 Å². The summed E-state index contributed by atoms with van der Waals surface area (Å²) in [7, 11) is 1.42. The number of aryl methyl sites for hydroxylation is 1. The number of methoxy groups -OCH3 is 1. The van der Waals surface area contributed by atoms with Gasteiger partial charge in [0.25, 0.3) is 0 Å². The van der Waals surface area contributed by atoms with Crippen LogP contribution in [-0.2, 0) is 22.5 Å². The predicted molar refractivity (Wildman–Crippen MR) is 74.8 cm³/mol. The Kier molecular flexibility index (Phi) is 4.78. The zero-order valence-corrected chi connectivity index (χ0v) is 12.1. The number of alkyl halides is 1. The van der Waals surface area contributed by atoms with Gasteiger partial charge in [0.15, 0.2) is 0 Å². The maximum absolute atomic E-state index is 11.4. The molecule has 1 atom stereocenters. The van der Waals surface area contributed by atoms with Gasteiger partial charge in [0.05, 0.1) is 7.11 Å². The van der Waals surface area contributed by atoms with Crippen molar-refractivity contribution in [2.75, 3.05) is 20.2 Å². The van der Waals surface area contributed by atoms with Crippen LogP contribution in [0.1, 0.15) is 17.5 Å². The van der Waals surface area contributed by atoms with Crippen LogP contribution in [0.2, 0.25) is 0 Å². The van der Waals surface area contributed by atoms with E-state index in [0.717, 1.165) is 25.9 Å². The Labute approximate surface area is 116 Å². The summed E-state index contributed by atoms with van der Waals surface area (Å²) in [6.07, 6.45) is 2.26. The highest BCUT2D eigenvalue weighted by atomic mass is 79.9. The molecule has 0 saturated heterocycles. The number of carbonyl (C=O) groups is 1. The predicted octanol–water partition coefficient (Wildman–Crippen LogP) is 2.37. The van der Waals surface area contributed by atoms with Crippen LogP contribution in [0.3, 0.4) is 0 Å². The van der Waals surface area contributed by atoms with E-state index in [2.05, 4.69) is 45.1 Å². The van der Waals surface area contributed by atoms with Crippen LogP contribution in [-0.4, -0.2) is 35.9 Å². The molecular formula is C14H18BrNO2. The summed E-state index contributed by atoms with van der Waals surface area (Å²) < 4.78 is 4.74. The highest BCUT2D eigenvalue weighted by Crippen LogP contribution is 2.19. The molecule has 0 aromatic heterocycles. The van der Waals surface area contributed by atoms with Crippen LogP contribution in [0, 0.1) is 0 Å². The molecule has 1 aromatic rings. The number of fused-ring (bicyclic) bond motifs is 1. The molecule has 0 fully saturated rings. The van der Waals surface area contributed by atoms with E-state index in [4.69, 9.17) is 4.74 Å². The molecule has 1 aliphatic rings. The van der Waals surface area contributed by atoms with Gasteiger partial charge in [-0.15, -0.1) is 0 Å². The Morgan fingerprint density at radius 3 is 2.89 bits per heavy atom. The topological polar surface area (TPSA) is 29.5 Å². The molecule has 3 nitrogen and oxygen atoms in total. The van der Waals surface area contributed by atoms with E-state index in [1.807, 2.05) is 0 Å². The van der Waals surface area contributed by atoms with Gasteiger partial charge in [-0.25, -0.2) is 0 Å². The number of nitrogens with zero attached hydrogens (tertiary/aromatic N) is 1. The largest absolute Gasteiger partial charge is 0.468 e. The van der Waals surface area contributed by atoms with E-state index >= 15 is 0 Å². The number of hydrogen-bond acceptors (Lipinski definition) is 3. The fourth-order valence-corrected chi connectivity index (χ4v) is 2.95. The first-order chi connectivity index (χ1) is 8.70. The highest BCUT2D eigenvalue weighted by molar-refractivity contribution is 9.10. The molecule has 1 heterocycles. The van der Waals surface area contributed by atoms with E-state index < -0.39 is 0 Å². The second kappa shape index (κ2) is 6.34. The Bertz CT molecular complexity index is 422. The molecule has 0 spiro atoms. The molecule has 1 aliphatic heterocycles. The second-order valence-electron chi connectivity index (χ2n) is 4.60. The summed E-state index contributed by atoms with van der Waals surface area (Å²) in [6.45, 7) is 2.63. The summed E-state index contributed by atoms with van der Waals surface area (Å²) in [5.74, 6) is -0.201. The quantitative estimate of drug-likeness (QED) is 0.634. The average Bonchev–Trinajstić information content (AvgIpc) is 2.59. The third kappa shape index (κ3) is 3.33. The van der Waals surface area contributed by atoms with Gasteiger partial charge in [-0.1, -0.05) is 40.2 Å². The molecule has 1 aromatic carbocycles. The molecule has 0 N–H and O–H groups in total. The van der Waals surface area contributed by atoms with Gasteiger partial charge in [0.1, 0.15) is 4.83 Å². The van der Waals surface area contributed by atoms with Gasteiger partial charge in [0.2, 0.25) is 0 Å². The number of ether oxygens (including phenoxy) is 1. The minimum atomic E-state index is -0.243. The number of rotatable bonds is 3. The molecule has 98 valence electrons. The number of halogens is 1. The van der Waals surface area contributed by atoms with Gasteiger partial charge in [0, 0.05) is 13.1 Å². The average molecular weight is 312 g/mol. The molecule has 2 rings (SSSR count). The van der Waals surface area contributed by atoms with E-state index in [9.17, 15) is 4.79 Å². The zero-order valence-electron chi connectivity index (χ0n) is 10.6. The summed E-state index contributed by atoms with van der Waals surface area (Å²) in [5.41, 5.74) is 2.81. The van der Waals surface area contributed by atoms with Crippen LogP contribution >= 0.6 is 15.9 Å². The number of benzene rings is 1. The maximum atomic E-state index is 11.4. The minimum absolute atomic E-state index is 0.201. The molecule has 0 amide bonds. The van der Waals surface area contributed by atoms with Gasteiger partial charge in [-0.3, -0.25) is 9.69 Å². The fraction of sp³-hybridized carbons (Fsp3) is 0.500. The molecule has 0 bridgehead atoms. The second-order valence-corrected chi connectivity index (χ2v) is 5.70. The van der Waals surface area contributed by atoms with Gasteiger partial charge in [-0.2, -0.15) is 0 Å². The molecular weight excluding hydrogens is 294 g/mol. The fourth-order valence-electron chi connectivity index (χ4n) is 2.35. The molecule has 0 radical (unpaired) electrons. The van der Waals surface area contributed by atoms with Gasteiger partial charge < -0.3 is 4.74 Å². The Morgan fingerprint density at radius 1 is 1.44 bits per heavy atom. The SMILES string of the molecule is COC(=O)C(Br)CN1CCCc2ccccc2C1. The molecule has 18 heavy (non-hydrogen) atoms. The summed E-state index contributed by atoms with van der Waals surface area (Å²) >= 11 is 3.39. The summed E-state index contributed by atoms with van der Waals surface area (Å²) in [5, 5.41) is 0. The number of carbonyl (C=O) groups excluding carboxylic acids is 1. The Hall–Kier alpha value is -0.870. The van der Waals surface area contributed by atoms with Crippen molar-refractivity contribution in [1.82, 2.24) is 4.90 Å². The van der Waals surface area contributed by atoms with Crippen molar-refractivity contribution in [2.24, 2.45) is 0 Å². The lowest BCUT2D eigenvalue weighted by Gasteiger charge is -2.22. The molecule has 4 heteroatoms. The molecule has 1 unspecified atom stereocenters. The minimum Gasteiger partial charge on any atom is -0.468 e. The first kappa shape index (κ1) is 13.6. The summed E-state index contributed by atoms with van der Waals surface area (Å²) in [6, 6.07) is 8.55. The first-order valence-electron chi connectivity index (χ1n) is 6.21. The third-order valence-corrected chi connectivity index (χ3v) is 3.97. The molecule has 0 aliphatic carbocycles. The maximum Gasteiger partial charge on any atom is 0.320 e. The zero-order chi connectivity index (χ0) is 13.0. The van der Waals surface area contributed by atoms with Crippen molar-refractivity contribution in [2.45, 2.75) is 24.2 Å². The van der Waals surface area contributed by atoms with Crippen molar-refractivity contribution in [3.63, 3.8) is 0 Å². The van der Waals surface area contributed by atoms with E-state index in [1.165, 1.54) is 18.2 Å². The van der Waals surface area contributed by atoms with Crippen molar-refractivity contribution in [1.29, 1.82) is 0 Å². The van der Waals surface area contributed by atoms with E-state index in [-0.39, 0.29) is 10.8 Å².